The quantitative estimate of drug-likeness (QED) is 0.595. The molecule has 0 aliphatic carbocycles. The standard InChI is InChI=1S/C24H27N5O4/c1-28(24(31)25-17-18-5-3-2-4-6-18)12-11-21-26-22(33-27-21)19-7-9-20(10-8-19)23(30)29-13-15-32-16-14-29/h2-10H,11-17H2,1H3,(H,25,31). The molecule has 0 unspecified atom stereocenters. The predicted molar refractivity (Wildman–Crippen MR) is 121 cm³/mol. The van der Waals surface area contributed by atoms with Gasteiger partial charge in [-0.25, -0.2) is 4.79 Å². The van der Waals surface area contributed by atoms with Gasteiger partial charge in [-0.2, -0.15) is 4.98 Å². The fourth-order valence-corrected chi connectivity index (χ4v) is 3.45. The Bertz CT molecular complexity index is 1060. The Morgan fingerprint density at radius 1 is 1.06 bits per heavy atom. The van der Waals surface area contributed by atoms with Gasteiger partial charge in [0, 0.05) is 50.8 Å². The Labute approximate surface area is 192 Å². The van der Waals surface area contributed by atoms with Gasteiger partial charge in [-0.15, -0.1) is 0 Å². The van der Waals surface area contributed by atoms with E-state index >= 15 is 0 Å². The highest BCUT2D eigenvalue weighted by molar-refractivity contribution is 5.94. The number of benzene rings is 2. The monoisotopic (exact) mass is 449 g/mol. The number of rotatable bonds is 7. The van der Waals surface area contributed by atoms with Crippen molar-refractivity contribution in [2.45, 2.75) is 13.0 Å². The number of likely N-dealkylation sites (N-methyl/N-ethyl adjacent to an activating group) is 1. The zero-order valence-electron chi connectivity index (χ0n) is 18.6. The number of carbonyl (C=O) groups is 2. The Morgan fingerprint density at radius 3 is 2.52 bits per heavy atom. The molecular weight excluding hydrogens is 422 g/mol. The van der Waals surface area contributed by atoms with Crippen molar-refractivity contribution < 1.29 is 18.8 Å². The largest absolute Gasteiger partial charge is 0.378 e. The van der Waals surface area contributed by atoms with Crippen molar-refractivity contribution in [3.05, 3.63) is 71.5 Å². The summed E-state index contributed by atoms with van der Waals surface area (Å²) in [5.74, 6) is 0.886. The number of urea groups is 1. The predicted octanol–water partition coefficient (Wildman–Crippen LogP) is 2.59. The van der Waals surface area contributed by atoms with Gasteiger partial charge in [0.1, 0.15) is 0 Å². The van der Waals surface area contributed by atoms with Crippen LogP contribution >= 0.6 is 0 Å². The number of carbonyl (C=O) groups excluding carboxylic acids is 2. The number of aromatic nitrogens is 2. The van der Waals surface area contributed by atoms with Gasteiger partial charge < -0.3 is 24.4 Å². The average Bonchev–Trinajstić information content (AvgIpc) is 3.35. The SMILES string of the molecule is CN(CCc1noc(-c2ccc(C(=O)N3CCOCC3)cc2)n1)C(=O)NCc1ccccc1. The molecule has 0 atom stereocenters. The first-order chi connectivity index (χ1) is 16.1. The van der Waals surface area contributed by atoms with Crippen LogP contribution in [0.5, 0.6) is 0 Å². The lowest BCUT2D eigenvalue weighted by atomic mass is 10.1. The molecule has 33 heavy (non-hydrogen) atoms. The third kappa shape index (κ3) is 5.95. The van der Waals surface area contributed by atoms with E-state index in [1.807, 2.05) is 30.3 Å². The minimum atomic E-state index is -0.164. The molecule has 0 bridgehead atoms. The van der Waals surface area contributed by atoms with Crippen LogP contribution in [0.1, 0.15) is 21.7 Å². The molecule has 1 saturated heterocycles. The van der Waals surface area contributed by atoms with Crippen LogP contribution < -0.4 is 5.32 Å². The van der Waals surface area contributed by atoms with Crippen LogP contribution in [0, 0.1) is 0 Å². The zero-order valence-corrected chi connectivity index (χ0v) is 18.6. The molecule has 9 nitrogen and oxygen atoms in total. The maximum absolute atomic E-state index is 12.6. The molecule has 1 aromatic heterocycles. The van der Waals surface area contributed by atoms with Crippen molar-refractivity contribution >= 4 is 11.9 Å². The van der Waals surface area contributed by atoms with Gasteiger partial charge >= 0.3 is 6.03 Å². The lowest BCUT2D eigenvalue weighted by molar-refractivity contribution is 0.0303. The second-order valence-electron chi connectivity index (χ2n) is 7.81. The molecule has 1 aliphatic rings. The Balaban J connectivity index is 1.27. The van der Waals surface area contributed by atoms with Crippen molar-refractivity contribution in [3.63, 3.8) is 0 Å². The molecule has 0 radical (unpaired) electrons. The summed E-state index contributed by atoms with van der Waals surface area (Å²) in [7, 11) is 1.73. The van der Waals surface area contributed by atoms with Crippen LogP contribution in [-0.4, -0.2) is 71.8 Å². The van der Waals surface area contributed by atoms with Gasteiger partial charge in [0.15, 0.2) is 5.82 Å². The molecule has 0 spiro atoms. The maximum atomic E-state index is 12.6. The van der Waals surface area contributed by atoms with Crippen LogP contribution in [0.3, 0.4) is 0 Å². The number of morpholine rings is 1. The van der Waals surface area contributed by atoms with Gasteiger partial charge in [-0.05, 0) is 29.8 Å². The van der Waals surface area contributed by atoms with E-state index < -0.39 is 0 Å². The first-order valence-corrected chi connectivity index (χ1v) is 10.9. The van der Waals surface area contributed by atoms with Gasteiger partial charge in [-0.3, -0.25) is 4.79 Å². The molecule has 2 aromatic carbocycles. The number of amides is 3. The molecule has 3 amide bonds. The normalized spacial score (nSPS) is 13.5. The highest BCUT2D eigenvalue weighted by Crippen LogP contribution is 2.19. The van der Waals surface area contributed by atoms with E-state index in [0.29, 0.717) is 63.1 Å². The molecule has 9 heteroatoms. The highest BCUT2D eigenvalue weighted by Gasteiger charge is 2.19. The summed E-state index contributed by atoms with van der Waals surface area (Å²) in [6.45, 7) is 3.27. The summed E-state index contributed by atoms with van der Waals surface area (Å²) in [6.07, 6.45) is 0.465. The topological polar surface area (TPSA) is 101 Å². The Hall–Kier alpha value is -3.72. The molecule has 2 heterocycles. The minimum Gasteiger partial charge on any atom is -0.378 e. The fraction of sp³-hybridized carbons (Fsp3) is 0.333. The molecule has 1 aliphatic heterocycles. The first kappa shape index (κ1) is 22.5. The van der Waals surface area contributed by atoms with E-state index in [9.17, 15) is 9.59 Å². The van der Waals surface area contributed by atoms with Crippen molar-refractivity contribution in [2.24, 2.45) is 0 Å². The molecule has 1 N–H and O–H groups in total. The summed E-state index contributed by atoms with van der Waals surface area (Å²) in [6, 6.07) is 16.7. The minimum absolute atomic E-state index is 0.00959. The molecule has 3 aromatic rings. The molecule has 4 rings (SSSR count). The summed E-state index contributed by atoms with van der Waals surface area (Å²) in [4.78, 5) is 32.6. The third-order valence-corrected chi connectivity index (χ3v) is 5.45. The lowest BCUT2D eigenvalue weighted by Crippen LogP contribution is -2.40. The number of hydrogen-bond acceptors (Lipinski definition) is 6. The van der Waals surface area contributed by atoms with Crippen LogP contribution in [0.2, 0.25) is 0 Å². The van der Waals surface area contributed by atoms with E-state index in [0.717, 1.165) is 11.1 Å². The van der Waals surface area contributed by atoms with Crippen LogP contribution in [0.4, 0.5) is 4.79 Å². The van der Waals surface area contributed by atoms with Crippen molar-refractivity contribution in [1.82, 2.24) is 25.3 Å². The third-order valence-electron chi connectivity index (χ3n) is 5.45. The molecule has 172 valence electrons. The summed E-state index contributed by atoms with van der Waals surface area (Å²) in [5, 5.41) is 6.90. The second kappa shape index (κ2) is 10.7. The summed E-state index contributed by atoms with van der Waals surface area (Å²) in [5.41, 5.74) is 2.39. The number of nitrogens with zero attached hydrogens (tertiary/aromatic N) is 4. The van der Waals surface area contributed by atoms with Crippen molar-refractivity contribution in [3.8, 4) is 11.5 Å². The lowest BCUT2D eigenvalue weighted by Gasteiger charge is -2.26. The van der Waals surface area contributed by atoms with Crippen LogP contribution in [0.25, 0.3) is 11.5 Å². The molecule has 1 fully saturated rings. The smallest absolute Gasteiger partial charge is 0.317 e. The summed E-state index contributed by atoms with van der Waals surface area (Å²) < 4.78 is 10.7. The van der Waals surface area contributed by atoms with E-state index in [1.54, 1.807) is 41.1 Å². The van der Waals surface area contributed by atoms with Crippen LogP contribution in [0.15, 0.2) is 59.1 Å². The van der Waals surface area contributed by atoms with Gasteiger partial charge in [-0.1, -0.05) is 35.5 Å². The van der Waals surface area contributed by atoms with Crippen LogP contribution in [-0.2, 0) is 17.7 Å². The maximum Gasteiger partial charge on any atom is 0.317 e. The van der Waals surface area contributed by atoms with E-state index in [-0.39, 0.29) is 11.9 Å². The zero-order chi connectivity index (χ0) is 23.0. The van der Waals surface area contributed by atoms with E-state index in [4.69, 9.17) is 9.26 Å². The Kier molecular flexibility index (Phi) is 7.31. The number of ether oxygens (including phenoxy) is 1. The average molecular weight is 450 g/mol. The number of nitrogens with one attached hydrogen (secondary N) is 1. The second-order valence-corrected chi connectivity index (χ2v) is 7.81. The Morgan fingerprint density at radius 2 is 1.79 bits per heavy atom. The molecule has 0 saturated carbocycles. The number of hydrogen-bond donors (Lipinski definition) is 1. The fourth-order valence-electron chi connectivity index (χ4n) is 3.45. The van der Waals surface area contributed by atoms with Crippen molar-refractivity contribution in [2.75, 3.05) is 39.9 Å². The van der Waals surface area contributed by atoms with Crippen molar-refractivity contribution in [1.29, 1.82) is 0 Å². The summed E-state index contributed by atoms with van der Waals surface area (Å²) >= 11 is 0. The van der Waals surface area contributed by atoms with Gasteiger partial charge in [0.25, 0.3) is 11.8 Å². The highest BCUT2D eigenvalue weighted by atomic mass is 16.5. The van der Waals surface area contributed by atoms with Gasteiger partial charge in [0.05, 0.1) is 13.2 Å². The molecular formula is C24H27N5O4. The van der Waals surface area contributed by atoms with Gasteiger partial charge in [0.2, 0.25) is 0 Å². The van der Waals surface area contributed by atoms with E-state index in [1.165, 1.54) is 0 Å². The van der Waals surface area contributed by atoms with E-state index in [2.05, 4.69) is 15.5 Å². The first-order valence-electron chi connectivity index (χ1n) is 10.9.